The molecule has 3 aromatic rings. The minimum Gasteiger partial charge on any atom is -0.325 e. The van der Waals surface area contributed by atoms with Crippen molar-refractivity contribution in [3.05, 3.63) is 52.8 Å². The fourth-order valence-electron chi connectivity index (χ4n) is 2.25. The summed E-state index contributed by atoms with van der Waals surface area (Å²) in [6.07, 6.45) is 3.39. The van der Waals surface area contributed by atoms with Gasteiger partial charge in [0.2, 0.25) is 5.91 Å². The number of rotatable bonds is 5. The molecule has 0 unspecified atom stereocenters. The lowest BCUT2D eigenvalue weighted by molar-refractivity contribution is -0.115. The van der Waals surface area contributed by atoms with Crippen LogP contribution < -0.4 is 5.32 Å². The van der Waals surface area contributed by atoms with E-state index in [4.69, 9.17) is 23.2 Å². The Morgan fingerprint density at radius 1 is 1.15 bits per heavy atom. The van der Waals surface area contributed by atoms with Gasteiger partial charge in [-0.15, -0.1) is 10.2 Å². The van der Waals surface area contributed by atoms with E-state index in [1.807, 2.05) is 23.7 Å². The fourth-order valence-corrected chi connectivity index (χ4v) is 3.59. The van der Waals surface area contributed by atoms with E-state index >= 15 is 0 Å². The standard InChI is InChI=1S/C17H15Cl2N5OS/c1-10(16(25)21-14-8-12(18)7-13(19)9-14)26-17-23-22-15(24(17)2)11-3-5-20-6-4-11/h3-10H,1-2H3,(H,21,25)/t10-/m0/s1. The minimum absolute atomic E-state index is 0.179. The first-order valence-corrected chi connectivity index (χ1v) is 9.31. The first-order valence-electron chi connectivity index (χ1n) is 7.67. The van der Waals surface area contributed by atoms with Gasteiger partial charge in [0.05, 0.1) is 5.25 Å². The van der Waals surface area contributed by atoms with Crippen LogP contribution >= 0.6 is 35.0 Å². The molecule has 0 bridgehead atoms. The number of amides is 1. The third kappa shape index (κ3) is 4.35. The normalized spacial score (nSPS) is 12.0. The van der Waals surface area contributed by atoms with Crippen molar-refractivity contribution in [2.24, 2.45) is 7.05 Å². The van der Waals surface area contributed by atoms with E-state index in [1.54, 1.807) is 37.5 Å². The zero-order valence-electron chi connectivity index (χ0n) is 14.0. The van der Waals surface area contributed by atoms with Gasteiger partial charge in [-0.3, -0.25) is 9.78 Å². The summed E-state index contributed by atoms with van der Waals surface area (Å²) < 4.78 is 1.85. The molecule has 134 valence electrons. The number of carbonyl (C=O) groups excluding carboxylic acids is 1. The van der Waals surface area contributed by atoms with Crippen LogP contribution in [0, 0.1) is 0 Å². The molecular formula is C17H15Cl2N5OS. The molecule has 0 aliphatic rings. The molecule has 3 rings (SSSR count). The minimum atomic E-state index is -0.388. The monoisotopic (exact) mass is 407 g/mol. The number of hydrogen-bond donors (Lipinski definition) is 1. The van der Waals surface area contributed by atoms with Crippen LogP contribution in [0.2, 0.25) is 10.0 Å². The van der Waals surface area contributed by atoms with Crippen LogP contribution in [0.1, 0.15) is 6.92 Å². The van der Waals surface area contributed by atoms with Crippen molar-refractivity contribution in [1.29, 1.82) is 0 Å². The van der Waals surface area contributed by atoms with E-state index < -0.39 is 0 Å². The van der Waals surface area contributed by atoms with Crippen molar-refractivity contribution in [2.75, 3.05) is 5.32 Å². The van der Waals surface area contributed by atoms with Crippen molar-refractivity contribution in [3.8, 4) is 11.4 Å². The number of thioether (sulfide) groups is 1. The number of nitrogens with one attached hydrogen (secondary N) is 1. The van der Waals surface area contributed by atoms with Gasteiger partial charge >= 0.3 is 0 Å². The zero-order valence-corrected chi connectivity index (χ0v) is 16.3. The van der Waals surface area contributed by atoms with Crippen LogP contribution in [-0.2, 0) is 11.8 Å². The molecular weight excluding hydrogens is 393 g/mol. The number of anilines is 1. The van der Waals surface area contributed by atoms with Crippen LogP contribution in [-0.4, -0.2) is 30.9 Å². The first-order chi connectivity index (χ1) is 12.4. The topological polar surface area (TPSA) is 72.7 Å². The van der Waals surface area contributed by atoms with Crippen LogP contribution in [0.3, 0.4) is 0 Å². The lowest BCUT2D eigenvalue weighted by Crippen LogP contribution is -2.22. The smallest absolute Gasteiger partial charge is 0.237 e. The van der Waals surface area contributed by atoms with Crippen molar-refractivity contribution in [2.45, 2.75) is 17.3 Å². The second-order valence-corrected chi connectivity index (χ2v) is 7.69. The zero-order chi connectivity index (χ0) is 18.7. The second-order valence-electron chi connectivity index (χ2n) is 5.51. The van der Waals surface area contributed by atoms with Crippen molar-refractivity contribution in [1.82, 2.24) is 19.7 Å². The van der Waals surface area contributed by atoms with Gasteiger partial charge in [-0.25, -0.2) is 0 Å². The molecule has 0 spiro atoms. The van der Waals surface area contributed by atoms with Crippen LogP contribution in [0.4, 0.5) is 5.69 Å². The molecule has 1 aromatic carbocycles. The van der Waals surface area contributed by atoms with E-state index in [0.717, 1.165) is 5.56 Å². The summed E-state index contributed by atoms with van der Waals surface area (Å²) in [6, 6.07) is 8.62. The number of aromatic nitrogens is 4. The number of carbonyl (C=O) groups is 1. The summed E-state index contributed by atoms with van der Waals surface area (Å²) >= 11 is 13.2. The van der Waals surface area contributed by atoms with E-state index in [9.17, 15) is 4.79 Å². The first kappa shape index (κ1) is 18.7. The molecule has 0 aliphatic heterocycles. The summed E-state index contributed by atoms with van der Waals surface area (Å²) in [5, 5.41) is 12.4. The molecule has 0 fully saturated rings. The molecule has 0 saturated carbocycles. The summed E-state index contributed by atoms with van der Waals surface area (Å²) in [5.41, 5.74) is 1.46. The van der Waals surface area contributed by atoms with Gasteiger partial charge in [0.15, 0.2) is 11.0 Å². The third-order valence-corrected chi connectivity index (χ3v) is 5.13. The number of nitrogens with zero attached hydrogens (tertiary/aromatic N) is 4. The summed E-state index contributed by atoms with van der Waals surface area (Å²) in [4.78, 5) is 16.4. The lowest BCUT2D eigenvalue weighted by Gasteiger charge is -2.12. The van der Waals surface area contributed by atoms with E-state index in [-0.39, 0.29) is 11.2 Å². The molecule has 1 amide bonds. The van der Waals surface area contributed by atoms with E-state index in [0.29, 0.717) is 26.7 Å². The highest BCUT2D eigenvalue weighted by molar-refractivity contribution is 8.00. The second kappa shape index (κ2) is 8.07. The van der Waals surface area contributed by atoms with E-state index in [1.165, 1.54) is 11.8 Å². The Labute approximate surface area is 164 Å². The Kier molecular flexibility index (Phi) is 5.80. The molecule has 1 atom stereocenters. The van der Waals surface area contributed by atoms with Gasteiger partial charge in [-0.2, -0.15) is 0 Å². The molecule has 0 radical (unpaired) electrons. The fraction of sp³-hybridized carbons (Fsp3) is 0.176. The third-order valence-electron chi connectivity index (χ3n) is 3.55. The van der Waals surface area contributed by atoms with Crippen molar-refractivity contribution < 1.29 is 4.79 Å². The highest BCUT2D eigenvalue weighted by Gasteiger charge is 2.19. The summed E-state index contributed by atoms with van der Waals surface area (Å²) in [6.45, 7) is 1.80. The Bertz CT molecular complexity index is 912. The van der Waals surface area contributed by atoms with Gasteiger partial charge in [0, 0.05) is 40.7 Å². The summed E-state index contributed by atoms with van der Waals surface area (Å²) in [5.74, 6) is 0.533. The lowest BCUT2D eigenvalue weighted by atomic mass is 10.2. The van der Waals surface area contributed by atoms with Crippen molar-refractivity contribution >= 4 is 46.6 Å². The quantitative estimate of drug-likeness (QED) is 0.638. The molecule has 1 N–H and O–H groups in total. The Morgan fingerprint density at radius 3 is 2.46 bits per heavy atom. The average molecular weight is 408 g/mol. The van der Waals surface area contributed by atoms with Crippen LogP contribution in [0.25, 0.3) is 11.4 Å². The maximum atomic E-state index is 12.4. The molecule has 2 heterocycles. The Balaban J connectivity index is 1.71. The number of hydrogen-bond acceptors (Lipinski definition) is 5. The predicted molar refractivity (Wildman–Crippen MR) is 105 cm³/mol. The highest BCUT2D eigenvalue weighted by atomic mass is 35.5. The van der Waals surface area contributed by atoms with E-state index in [2.05, 4.69) is 20.5 Å². The molecule has 2 aromatic heterocycles. The number of benzene rings is 1. The number of pyridine rings is 1. The molecule has 0 aliphatic carbocycles. The average Bonchev–Trinajstić information content (AvgIpc) is 2.95. The SMILES string of the molecule is C[C@H](Sc1nnc(-c2ccncc2)n1C)C(=O)Nc1cc(Cl)cc(Cl)c1. The van der Waals surface area contributed by atoms with Gasteiger partial charge in [-0.05, 0) is 37.3 Å². The van der Waals surface area contributed by atoms with Gasteiger partial charge in [0.1, 0.15) is 0 Å². The molecule has 6 nitrogen and oxygen atoms in total. The largest absolute Gasteiger partial charge is 0.325 e. The van der Waals surface area contributed by atoms with Gasteiger partial charge < -0.3 is 9.88 Å². The predicted octanol–water partition coefficient (Wildman–Crippen LogP) is 4.30. The van der Waals surface area contributed by atoms with Gasteiger partial charge in [0.25, 0.3) is 0 Å². The molecule has 9 heteroatoms. The highest BCUT2D eigenvalue weighted by Crippen LogP contribution is 2.27. The summed E-state index contributed by atoms with van der Waals surface area (Å²) in [7, 11) is 1.86. The maximum absolute atomic E-state index is 12.4. The van der Waals surface area contributed by atoms with Crippen LogP contribution in [0.15, 0.2) is 47.9 Å². The maximum Gasteiger partial charge on any atom is 0.237 e. The van der Waals surface area contributed by atoms with Crippen LogP contribution in [0.5, 0.6) is 0 Å². The number of halogens is 2. The Hall–Kier alpha value is -2.09. The molecule has 26 heavy (non-hydrogen) atoms. The Morgan fingerprint density at radius 2 is 1.81 bits per heavy atom. The van der Waals surface area contributed by atoms with Crippen molar-refractivity contribution in [3.63, 3.8) is 0 Å². The molecule has 0 saturated heterocycles. The van der Waals surface area contributed by atoms with Gasteiger partial charge in [-0.1, -0.05) is 35.0 Å².